The molecule has 0 aliphatic heterocycles. The smallest absolute Gasteiger partial charge is 0.315 e. The maximum Gasteiger partial charge on any atom is 0.315 e. The Morgan fingerprint density at radius 2 is 2.27 bits per heavy atom. The molecule has 0 saturated heterocycles. The van der Waals surface area contributed by atoms with Crippen LogP contribution in [0.4, 0.5) is 4.39 Å². The first kappa shape index (κ1) is 10.4. The Balaban J connectivity index is 4.39. The zero-order chi connectivity index (χ0) is 8.91. The van der Waals surface area contributed by atoms with Crippen LogP contribution in [0.1, 0.15) is 13.3 Å². The van der Waals surface area contributed by atoms with Gasteiger partial charge in [0.1, 0.15) is 12.1 Å². The molecule has 0 spiro atoms. The third-order valence-electron chi connectivity index (χ3n) is 1.94. The lowest BCUT2D eigenvalue weighted by Crippen LogP contribution is -2.40. The second kappa shape index (κ2) is 4.28. The third-order valence-corrected chi connectivity index (χ3v) is 1.94. The molecular weight excluding hydrogens is 149 g/mol. The van der Waals surface area contributed by atoms with Crippen LogP contribution < -0.4 is 5.73 Å². The maximum atomic E-state index is 12.4. The number of ether oxygens (including phenoxy) is 1. The summed E-state index contributed by atoms with van der Waals surface area (Å²) in [5, 5.41) is 0. The lowest BCUT2D eigenvalue weighted by atomic mass is 9.87. The molecule has 0 saturated carbocycles. The van der Waals surface area contributed by atoms with Crippen molar-refractivity contribution in [2.45, 2.75) is 13.3 Å². The van der Waals surface area contributed by atoms with Crippen LogP contribution in [0, 0.1) is 5.41 Å². The van der Waals surface area contributed by atoms with E-state index in [-0.39, 0.29) is 6.54 Å². The molecule has 0 radical (unpaired) electrons. The number of rotatable bonds is 4. The Labute approximate surface area is 65.7 Å². The summed E-state index contributed by atoms with van der Waals surface area (Å²) in [7, 11) is 1.23. The predicted octanol–water partition coefficient (Wildman–Crippen LogP) is 0.484. The van der Waals surface area contributed by atoms with E-state index in [9.17, 15) is 9.18 Å². The number of alkyl halides is 1. The van der Waals surface area contributed by atoms with Gasteiger partial charge in [0.25, 0.3) is 0 Å². The Bertz CT molecular complexity index is 126. The molecule has 2 N–H and O–H groups in total. The first-order chi connectivity index (χ1) is 5.16. The SMILES string of the molecule is CCC(CN)(CF)C(=O)OC. The number of hydrogen-bond donors (Lipinski definition) is 1. The minimum atomic E-state index is -1.12. The number of esters is 1. The second-order valence-electron chi connectivity index (χ2n) is 2.46. The van der Waals surface area contributed by atoms with Gasteiger partial charge in [-0.15, -0.1) is 0 Å². The molecule has 0 amide bonds. The standard InChI is InChI=1S/C7H14FNO2/c1-3-7(4-8,5-9)6(10)11-2/h3-5,9H2,1-2H3. The first-order valence-electron chi connectivity index (χ1n) is 3.51. The van der Waals surface area contributed by atoms with E-state index in [1.807, 2.05) is 0 Å². The van der Waals surface area contributed by atoms with Crippen LogP contribution in [0.5, 0.6) is 0 Å². The van der Waals surface area contributed by atoms with E-state index >= 15 is 0 Å². The van der Waals surface area contributed by atoms with Crippen molar-refractivity contribution in [2.75, 3.05) is 20.3 Å². The highest BCUT2D eigenvalue weighted by atomic mass is 19.1. The molecule has 0 heterocycles. The van der Waals surface area contributed by atoms with Crippen molar-refractivity contribution in [2.24, 2.45) is 11.1 Å². The molecule has 1 unspecified atom stereocenters. The highest BCUT2D eigenvalue weighted by Gasteiger charge is 2.36. The molecule has 0 aromatic rings. The van der Waals surface area contributed by atoms with Crippen LogP contribution in [-0.2, 0) is 9.53 Å². The topological polar surface area (TPSA) is 52.3 Å². The first-order valence-corrected chi connectivity index (χ1v) is 3.51. The summed E-state index contributed by atoms with van der Waals surface area (Å²) in [5.74, 6) is -0.565. The van der Waals surface area contributed by atoms with Crippen LogP contribution in [0.3, 0.4) is 0 Å². The van der Waals surface area contributed by atoms with E-state index in [1.165, 1.54) is 7.11 Å². The monoisotopic (exact) mass is 163 g/mol. The van der Waals surface area contributed by atoms with Gasteiger partial charge in [-0.3, -0.25) is 4.79 Å². The summed E-state index contributed by atoms with van der Waals surface area (Å²) in [6.45, 7) is 0.947. The summed E-state index contributed by atoms with van der Waals surface area (Å²) in [6, 6.07) is 0. The molecule has 0 rings (SSSR count). The van der Waals surface area contributed by atoms with Crippen LogP contribution >= 0.6 is 0 Å². The van der Waals surface area contributed by atoms with Crippen molar-refractivity contribution < 1.29 is 13.9 Å². The van der Waals surface area contributed by atoms with Crippen molar-refractivity contribution >= 4 is 5.97 Å². The Hall–Kier alpha value is -0.640. The average molecular weight is 163 g/mol. The molecule has 11 heavy (non-hydrogen) atoms. The lowest BCUT2D eigenvalue weighted by molar-refractivity contribution is -0.153. The number of carbonyl (C=O) groups is 1. The summed E-state index contributed by atoms with van der Waals surface area (Å²) in [4.78, 5) is 11.0. The molecule has 3 nitrogen and oxygen atoms in total. The fourth-order valence-corrected chi connectivity index (χ4v) is 0.792. The number of methoxy groups -OCH3 is 1. The molecule has 0 bridgehead atoms. The van der Waals surface area contributed by atoms with Gasteiger partial charge in [-0.1, -0.05) is 6.92 Å². The maximum absolute atomic E-state index is 12.4. The van der Waals surface area contributed by atoms with Gasteiger partial charge in [0.2, 0.25) is 0 Å². The van der Waals surface area contributed by atoms with Gasteiger partial charge in [0, 0.05) is 6.54 Å². The summed E-state index contributed by atoms with van der Waals surface area (Å²) in [6.07, 6.45) is 0.368. The van der Waals surface area contributed by atoms with E-state index in [4.69, 9.17) is 5.73 Å². The van der Waals surface area contributed by atoms with Crippen molar-refractivity contribution in [3.63, 3.8) is 0 Å². The fourth-order valence-electron chi connectivity index (χ4n) is 0.792. The van der Waals surface area contributed by atoms with Gasteiger partial charge >= 0.3 is 5.97 Å². The summed E-state index contributed by atoms with van der Waals surface area (Å²) < 4.78 is 16.8. The molecule has 66 valence electrons. The number of hydrogen-bond acceptors (Lipinski definition) is 3. The van der Waals surface area contributed by atoms with Crippen LogP contribution in [0.15, 0.2) is 0 Å². The Morgan fingerprint density at radius 1 is 1.73 bits per heavy atom. The molecule has 0 aliphatic carbocycles. The van der Waals surface area contributed by atoms with Crippen molar-refractivity contribution in [3.8, 4) is 0 Å². The van der Waals surface area contributed by atoms with Crippen LogP contribution in [0.2, 0.25) is 0 Å². The van der Waals surface area contributed by atoms with Crippen molar-refractivity contribution in [3.05, 3.63) is 0 Å². The zero-order valence-electron chi connectivity index (χ0n) is 6.89. The largest absolute Gasteiger partial charge is 0.468 e. The van der Waals surface area contributed by atoms with Crippen molar-refractivity contribution in [1.29, 1.82) is 0 Å². The van der Waals surface area contributed by atoms with Gasteiger partial charge in [-0.05, 0) is 6.42 Å². The highest BCUT2D eigenvalue weighted by molar-refractivity contribution is 5.77. The number of carbonyl (C=O) groups excluding carboxylic acids is 1. The molecule has 1 atom stereocenters. The molecule has 0 aromatic carbocycles. The van der Waals surface area contributed by atoms with E-state index in [1.54, 1.807) is 6.92 Å². The van der Waals surface area contributed by atoms with E-state index in [0.717, 1.165) is 0 Å². The second-order valence-corrected chi connectivity index (χ2v) is 2.46. The van der Waals surface area contributed by atoms with E-state index < -0.39 is 18.1 Å². The van der Waals surface area contributed by atoms with Crippen LogP contribution in [0.25, 0.3) is 0 Å². The molecular formula is C7H14FNO2. The fraction of sp³-hybridized carbons (Fsp3) is 0.857. The molecule has 4 heteroatoms. The van der Waals surface area contributed by atoms with E-state index in [0.29, 0.717) is 6.42 Å². The minimum absolute atomic E-state index is 0.00727. The summed E-state index contributed by atoms with van der Waals surface area (Å²) >= 11 is 0. The van der Waals surface area contributed by atoms with E-state index in [2.05, 4.69) is 4.74 Å². The minimum Gasteiger partial charge on any atom is -0.468 e. The number of halogens is 1. The predicted molar refractivity (Wildman–Crippen MR) is 39.8 cm³/mol. The van der Waals surface area contributed by atoms with Gasteiger partial charge in [-0.2, -0.15) is 0 Å². The Morgan fingerprint density at radius 3 is 2.36 bits per heavy atom. The molecule has 0 fully saturated rings. The average Bonchev–Trinajstić information content (AvgIpc) is 2.08. The zero-order valence-corrected chi connectivity index (χ0v) is 6.89. The quantitative estimate of drug-likeness (QED) is 0.613. The van der Waals surface area contributed by atoms with Crippen molar-refractivity contribution in [1.82, 2.24) is 0 Å². The Kier molecular flexibility index (Phi) is 4.03. The molecule has 0 aliphatic rings. The number of nitrogens with two attached hydrogens (primary N) is 1. The van der Waals surface area contributed by atoms with Gasteiger partial charge < -0.3 is 10.5 Å². The summed E-state index contributed by atoms with van der Waals surface area (Å²) in [5.41, 5.74) is 4.15. The van der Waals surface area contributed by atoms with Gasteiger partial charge in [0.05, 0.1) is 7.11 Å². The normalized spacial score (nSPS) is 15.6. The third kappa shape index (κ3) is 1.89. The molecule has 0 aromatic heterocycles. The highest BCUT2D eigenvalue weighted by Crippen LogP contribution is 2.22. The van der Waals surface area contributed by atoms with Gasteiger partial charge in [-0.25, -0.2) is 4.39 Å². The van der Waals surface area contributed by atoms with Crippen LogP contribution in [-0.4, -0.2) is 26.3 Å². The lowest BCUT2D eigenvalue weighted by Gasteiger charge is -2.23. The van der Waals surface area contributed by atoms with Gasteiger partial charge in [0.15, 0.2) is 0 Å².